The first-order valence-corrected chi connectivity index (χ1v) is 6.63. The second kappa shape index (κ2) is 5.83. The number of nitrogens with two attached hydrogens (primary N) is 1. The summed E-state index contributed by atoms with van der Waals surface area (Å²) in [5.41, 5.74) is 13.7. The van der Waals surface area contributed by atoms with Crippen molar-refractivity contribution in [1.82, 2.24) is 10.9 Å². The van der Waals surface area contributed by atoms with Crippen LogP contribution in [-0.2, 0) is 0 Å². The molecule has 0 bridgehead atoms. The van der Waals surface area contributed by atoms with Gasteiger partial charge in [-0.3, -0.25) is 5.43 Å². The monoisotopic (exact) mass is 253 g/mol. The maximum Gasteiger partial charge on any atom is 0.0764 e. The van der Waals surface area contributed by atoms with E-state index in [9.17, 15) is 0 Å². The first-order chi connectivity index (χ1) is 8.24. The van der Waals surface area contributed by atoms with E-state index in [1.165, 1.54) is 12.8 Å². The van der Waals surface area contributed by atoms with Crippen molar-refractivity contribution in [3.63, 3.8) is 0 Å². The molecule has 2 rings (SSSR count). The Morgan fingerprint density at radius 2 is 2.06 bits per heavy atom. The van der Waals surface area contributed by atoms with Gasteiger partial charge in [-0.05, 0) is 18.1 Å². The van der Waals surface area contributed by atoms with E-state index in [0.29, 0.717) is 6.04 Å². The zero-order valence-electron chi connectivity index (χ0n) is 10.1. The molecule has 3 unspecified atom stereocenters. The van der Waals surface area contributed by atoms with Gasteiger partial charge in [0.25, 0.3) is 0 Å². The molecule has 1 aliphatic heterocycles. The van der Waals surface area contributed by atoms with Gasteiger partial charge >= 0.3 is 0 Å². The van der Waals surface area contributed by atoms with Crippen LogP contribution in [-0.4, -0.2) is 12.2 Å². The van der Waals surface area contributed by atoms with Crippen LogP contribution in [0.2, 0.25) is 5.02 Å². The van der Waals surface area contributed by atoms with E-state index in [0.717, 1.165) is 17.0 Å². The summed E-state index contributed by atoms with van der Waals surface area (Å²) in [7, 11) is 0. The Hall–Kier alpha value is -0.610. The van der Waals surface area contributed by atoms with E-state index in [1.54, 1.807) is 0 Å². The van der Waals surface area contributed by atoms with Gasteiger partial charge in [0, 0.05) is 17.0 Å². The lowest BCUT2D eigenvalue weighted by atomic mass is 9.88. The minimum Gasteiger partial charge on any atom is -0.314 e. The fraction of sp³-hybridized carbons (Fsp3) is 0.538. The molecule has 3 atom stereocenters. The summed E-state index contributed by atoms with van der Waals surface area (Å²) in [4.78, 5) is 0. The van der Waals surface area contributed by atoms with Gasteiger partial charge in [-0.25, -0.2) is 5.43 Å². The molecule has 1 fully saturated rings. The zero-order chi connectivity index (χ0) is 12.3. The molecule has 1 aromatic rings. The highest BCUT2D eigenvalue weighted by Gasteiger charge is 2.35. The molecule has 3 nitrogen and oxygen atoms in total. The van der Waals surface area contributed by atoms with Gasteiger partial charge in [0.15, 0.2) is 0 Å². The summed E-state index contributed by atoms with van der Waals surface area (Å²) >= 11 is 6.26. The Balaban J connectivity index is 2.18. The van der Waals surface area contributed by atoms with Gasteiger partial charge in [0.2, 0.25) is 0 Å². The number of hydrogen-bond donors (Lipinski definition) is 3. The van der Waals surface area contributed by atoms with Crippen LogP contribution in [0.25, 0.3) is 0 Å². The van der Waals surface area contributed by atoms with Crippen molar-refractivity contribution >= 4 is 11.6 Å². The molecular formula is C13H20ClN3. The van der Waals surface area contributed by atoms with Crippen LogP contribution in [0.5, 0.6) is 0 Å². The fourth-order valence-electron chi connectivity index (χ4n) is 2.46. The highest BCUT2D eigenvalue weighted by Crippen LogP contribution is 2.32. The summed E-state index contributed by atoms with van der Waals surface area (Å²) in [5.74, 6) is 0.246. The standard InChI is InChI=1S/C13H20ClN3/c1-2-3-8-11-12(13(15)17-16-11)9-6-4-5-7-10(9)14/h4-7,11-13,16-17H,2-3,8,15H2,1H3. The van der Waals surface area contributed by atoms with E-state index in [2.05, 4.69) is 23.8 Å². The van der Waals surface area contributed by atoms with Crippen LogP contribution in [0.4, 0.5) is 0 Å². The predicted molar refractivity (Wildman–Crippen MR) is 71.8 cm³/mol. The van der Waals surface area contributed by atoms with E-state index in [4.69, 9.17) is 17.3 Å². The van der Waals surface area contributed by atoms with Crippen molar-refractivity contribution in [2.24, 2.45) is 5.73 Å². The molecule has 0 amide bonds. The fourth-order valence-corrected chi connectivity index (χ4v) is 2.73. The molecular weight excluding hydrogens is 234 g/mol. The van der Waals surface area contributed by atoms with Crippen LogP contribution in [0.1, 0.15) is 37.7 Å². The highest BCUT2D eigenvalue weighted by molar-refractivity contribution is 6.31. The van der Waals surface area contributed by atoms with Gasteiger partial charge in [-0.2, -0.15) is 0 Å². The number of halogens is 1. The van der Waals surface area contributed by atoms with Gasteiger partial charge in [-0.1, -0.05) is 49.6 Å². The van der Waals surface area contributed by atoms with E-state index >= 15 is 0 Å². The quantitative estimate of drug-likeness (QED) is 0.772. The maximum absolute atomic E-state index is 6.26. The molecule has 94 valence electrons. The zero-order valence-corrected chi connectivity index (χ0v) is 10.9. The van der Waals surface area contributed by atoms with Crippen LogP contribution in [0.3, 0.4) is 0 Å². The third-order valence-electron chi connectivity index (χ3n) is 3.39. The van der Waals surface area contributed by atoms with E-state index in [1.807, 2.05) is 18.2 Å². The molecule has 0 aliphatic carbocycles. The van der Waals surface area contributed by atoms with Crippen molar-refractivity contribution in [3.8, 4) is 0 Å². The first kappa shape index (κ1) is 12.8. The Bertz CT molecular complexity index is 369. The van der Waals surface area contributed by atoms with E-state index in [-0.39, 0.29) is 12.1 Å². The van der Waals surface area contributed by atoms with Crippen molar-refractivity contribution in [1.29, 1.82) is 0 Å². The topological polar surface area (TPSA) is 50.1 Å². The van der Waals surface area contributed by atoms with Crippen LogP contribution in [0, 0.1) is 0 Å². The van der Waals surface area contributed by atoms with Gasteiger partial charge in [0.1, 0.15) is 0 Å². The lowest BCUT2D eigenvalue weighted by molar-refractivity contribution is 0.473. The van der Waals surface area contributed by atoms with Crippen LogP contribution in [0.15, 0.2) is 24.3 Å². The molecule has 4 heteroatoms. The molecule has 1 aromatic carbocycles. The number of benzene rings is 1. The van der Waals surface area contributed by atoms with Crippen molar-refractivity contribution in [2.75, 3.05) is 0 Å². The SMILES string of the molecule is CCCCC1NNC(N)C1c1ccccc1Cl. The summed E-state index contributed by atoms with van der Waals surface area (Å²) in [6.07, 6.45) is 3.44. The predicted octanol–water partition coefficient (Wildman–Crippen LogP) is 2.38. The van der Waals surface area contributed by atoms with Gasteiger partial charge in [0.05, 0.1) is 6.17 Å². The molecule has 17 heavy (non-hydrogen) atoms. The molecule has 0 radical (unpaired) electrons. The maximum atomic E-state index is 6.26. The number of unbranched alkanes of at least 4 members (excludes halogenated alkanes) is 1. The van der Waals surface area contributed by atoms with E-state index < -0.39 is 0 Å². The summed E-state index contributed by atoms with van der Waals surface area (Å²) in [6.45, 7) is 2.20. The number of hydrazine groups is 1. The minimum atomic E-state index is -0.0724. The molecule has 0 spiro atoms. The largest absolute Gasteiger partial charge is 0.314 e. The second-order valence-electron chi connectivity index (χ2n) is 4.61. The van der Waals surface area contributed by atoms with Gasteiger partial charge < -0.3 is 5.73 Å². The molecule has 0 aromatic heterocycles. The Labute approximate surface area is 108 Å². The third kappa shape index (κ3) is 2.80. The molecule has 0 saturated carbocycles. The summed E-state index contributed by atoms with van der Waals surface area (Å²) in [6, 6.07) is 8.33. The normalized spacial score (nSPS) is 28.5. The Morgan fingerprint density at radius 1 is 1.29 bits per heavy atom. The average molecular weight is 254 g/mol. The Morgan fingerprint density at radius 3 is 2.76 bits per heavy atom. The number of rotatable bonds is 4. The smallest absolute Gasteiger partial charge is 0.0764 e. The average Bonchev–Trinajstić information content (AvgIpc) is 2.69. The number of hydrogen-bond acceptors (Lipinski definition) is 3. The highest BCUT2D eigenvalue weighted by atomic mass is 35.5. The summed E-state index contributed by atoms with van der Waals surface area (Å²) < 4.78 is 0. The van der Waals surface area contributed by atoms with Crippen molar-refractivity contribution < 1.29 is 0 Å². The number of nitrogens with one attached hydrogen (secondary N) is 2. The van der Waals surface area contributed by atoms with Crippen LogP contribution < -0.4 is 16.6 Å². The first-order valence-electron chi connectivity index (χ1n) is 6.25. The second-order valence-corrected chi connectivity index (χ2v) is 5.02. The van der Waals surface area contributed by atoms with Crippen molar-refractivity contribution in [2.45, 2.75) is 44.3 Å². The summed E-state index contributed by atoms with van der Waals surface area (Å²) in [5, 5.41) is 0.806. The van der Waals surface area contributed by atoms with Crippen LogP contribution >= 0.6 is 11.6 Å². The van der Waals surface area contributed by atoms with Gasteiger partial charge in [-0.15, -0.1) is 0 Å². The Kier molecular flexibility index (Phi) is 4.40. The lowest BCUT2D eigenvalue weighted by Gasteiger charge is -2.22. The molecule has 4 N–H and O–H groups in total. The molecule has 1 aliphatic rings. The lowest BCUT2D eigenvalue weighted by Crippen LogP contribution is -2.38. The minimum absolute atomic E-state index is 0.0724. The molecule has 1 saturated heterocycles. The molecule has 1 heterocycles. The third-order valence-corrected chi connectivity index (χ3v) is 3.73. The van der Waals surface area contributed by atoms with Crippen molar-refractivity contribution in [3.05, 3.63) is 34.9 Å².